The second-order valence-electron chi connectivity index (χ2n) is 4.80. The van der Waals surface area contributed by atoms with E-state index in [1.807, 2.05) is 30.3 Å². The van der Waals surface area contributed by atoms with Gasteiger partial charge in [-0.25, -0.2) is 4.79 Å². The lowest BCUT2D eigenvalue weighted by atomic mass is 9.85. The van der Waals surface area contributed by atoms with E-state index in [0.29, 0.717) is 5.90 Å². The molecule has 0 unspecified atom stereocenters. The average Bonchev–Trinajstić information content (AvgIpc) is 2.97. The van der Waals surface area contributed by atoms with Crippen molar-refractivity contribution in [2.24, 2.45) is 11.1 Å². The summed E-state index contributed by atoms with van der Waals surface area (Å²) in [6, 6.07) is 9.42. The standard InChI is InChI=1S/C15H16N2O4/c1-19-14-12-11(21-16-14)8-9-17(15(18)20-2)13(12)10-6-4-3-5-7-10/h3-9,11-13H,1-2H3/t11-,12-,13+/m1/s1. The highest BCUT2D eigenvalue weighted by atomic mass is 16.7. The van der Waals surface area contributed by atoms with Crippen LogP contribution in [0, 0.1) is 5.92 Å². The third kappa shape index (κ3) is 2.22. The fraction of sp³-hybridized carbons (Fsp3) is 0.333. The zero-order valence-electron chi connectivity index (χ0n) is 11.8. The monoisotopic (exact) mass is 288 g/mol. The molecule has 2 heterocycles. The maximum absolute atomic E-state index is 12.1. The van der Waals surface area contributed by atoms with Crippen LogP contribution in [0.2, 0.25) is 0 Å². The van der Waals surface area contributed by atoms with Crippen molar-refractivity contribution in [2.45, 2.75) is 12.1 Å². The topological polar surface area (TPSA) is 60.4 Å². The summed E-state index contributed by atoms with van der Waals surface area (Å²) in [5.41, 5.74) is 0.970. The fourth-order valence-electron chi connectivity index (χ4n) is 2.76. The lowest BCUT2D eigenvalue weighted by Crippen LogP contribution is -2.44. The molecule has 0 N–H and O–H groups in total. The van der Waals surface area contributed by atoms with Crippen LogP contribution < -0.4 is 0 Å². The van der Waals surface area contributed by atoms with Gasteiger partial charge in [0.05, 0.1) is 20.3 Å². The van der Waals surface area contributed by atoms with Gasteiger partial charge in [0.25, 0.3) is 0 Å². The van der Waals surface area contributed by atoms with Crippen LogP contribution in [0.4, 0.5) is 4.79 Å². The first kappa shape index (κ1) is 13.5. The van der Waals surface area contributed by atoms with Gasteiger partial charge < -0.3 is 14.3 Å². The van der Waals surface area contributed by atoms with Crippen molar-refractivity contribution in [2.75, 3.05) is 14.2 Å². The number of ether oxygens (including phenoxy) is 2. The number of rotatable bonds is 1. The molecule has 6 nitrogen and oxygen atoms in total. The molecule has 2 aliphatic rings. The second kappa shape index (κ2) is 5.47. The second-order valence-corrected chi connectivity index (χ2v) is 4.80. The van der Waals surface area contributed by atoms with Crippen LogP contribution in [0.15, 0.2) is 47.8 Å². The molecule has 0 aliphatic carbocycles. The Labute approximate surface area is 122 Å². The maximum Gasteiger partial charge on any atom is 0.414 e. The van der Waals surface area contributed by atoms with E-state index in [2.05, 4.69) is 5.16 Å². The van der Waals surface area contributed by atoms with Gasteiger partial charge in [0.1, 0.15) is 5.92 Å². The van der Waals surface area contributed by atoms with E-state index < -0.39 is 6.09 Å². The molecule has 0 saturated heterocycles. The van der Waals surface area contributed by atoms with Crippen LogP contribution in [-0.4, -0.2) is 37.2 Å². The van der Waals surface area contributed by atoms with Crippen LogP contribution in [0.25, 0.3) is 0 Å². The highest BCUT2D eigenvalue weighted by Crippen LogP contribution is 2.40. The average molecular weight is 288 g/mol. The number of benzene rings is 1. The minimum Gasteiger partial charge on any atom is -0.482 e. The van der Waals surface area contributed by atoms with Crippen LogP contribution in [-0.2, 0) is 14.3 Å². The molecule has 0 radical (unpaired) electrons. The largest absolute Gasteiger partial charge is 0.482 e. The molecule has 1 amide bonds. The summed E-state index contributed by atoms with van der Waals surface area (Å²) < 4.78 is 10.2. The summed E-state index contributed by atoms with van der Waals surface area (Å²) in [7, 11) is 2.91. The Morgan fingerprint density at radius 3 is 2.71 bits per heavy atom. The molecular formula is C15H16N2O4. The maximum atomic E-state index is 12.1. The number of fused-ring (bicyclic) bond motifs is 1. The van der Waals surface area contributed by atoms with E-state index in [0.717, 1.165) is 5.56 Å². The normalized spacial score (nSPS) is 26.7. The van der Waals surface area contributed by atoms with Crippen molar-refractivity contribution >= 4 is 12.0 Å². The molecule has 110 valence electrons. The minimum atomic E-state index is -0.430. The Morgan fingerprint density at radius 2 is 2.05 bits per heavy atom. The zero-order valence-corrected chi connectivity index (χ0v) is 11.8. The van der Waals surface area contributed by atoms with Crippen molar-refractivity contribution in [3.05, 3.63) is 48.2 Å². The Balaban J connectivity index is 2.05. The van der Waals surface area contributed by atoms with Gasteiger partial charge in [0, 0.05) is 6.20 Å². The van der Waals surface area contributed by atoms with E-state index in [1.165, 1.54) is 7.11 Å². The van der Waals surface area contributed by atoms with Gasteiger partial charge in [-0.1, -0.05) is 35.5 Å². The summed E-state index contributed by atoms with van der Waals surface area (Å²) >= 11 is 0. The molecule has 3 atom stereocenters. The first-order chi connectivity index (χ1) is 10.3. The predicted octanol–water partition coefficient (Wildman–Crippen LogP) is 2.30. The Morgan fingerprint density at radius 1 is 1.29 bits per heavy atom. The van der Waals surface area contributed by atoms with Gasteiger partial charge in [-0.15, -0.1) is 0 Å². The molecule has 0 fully saturated rings. The SMILES string of the molecule is COC(=O)N1C=C[C@H]2ON=C(OC)[C@H]2[C@@H]1c1ccccc1. The quantitative estimate of drug-likeness (QED) is 0.795. The number of carbonyl (C=O) groups excluding carboxylic acids is 1. The van der Waals surface area contributed by atoms with Crippen LogP contribution in [0.1, 0.15) is 11.6 Å². The molecule has 0 aromatic heterocycles. The third-order valence-electron chi connectivity index (χ3n) is 3.72. The van der Waals surface area contributed by atoms with E-state index in [1.54, 1.807) is 24.3 Å². The summed E-state index contributed by atoms with van der Waals surface area (Å²) in [4.78, 5) is 19.0. The number of oxime groups is 1. The van der Waals surface area contributed by atoms with Gasteiger partial charge in [-0.2, -0.15) is 0 Å². The molecule has 3 rings (SSSR count). The molecule has 0 saturated carbocycles. The number of nitrogens with zero attached hydrogens (tertiary/aromatic N) is 2. The van der Waals surface area contributed by atoms with Crippen molar-refractivity contribution in [3.8, 4) is 0 Å². The van der Waals surface area contributed by atoms with Crippen molar-refractivity contribution in [1.29, 1.82) is 0 Å². The highest BCUT2D eigenvalue weighted by molar-refractivity contribution is 5.83. The van der Waals surface area contributed by atoms with Crippen LogP contribution in [0.5, 0.6) is 0 Å². The number of amides is 1. The lowest BCUT2D eigenvalue weighted by Gasteiger charge is -2.36. The molecule has 0 bridgehead atoms. The van der Waals surface area contributed by atoms with E-state index in [-0.39, 0.29) is 18.1 Å². The minimum absolute atomic E-state index is 0.193. The van der Waals surface area contributed by atoms with Gasteiger partial charge in [-0.3, -0.25) is 4.90 Å². The number of carbonyl (C=O) groups is 1. The summed E-state index contributed by atoms with van der Waals surface area (Å²) in [5, 5.41) is 3.96. The summed E-state index contributed by atoms with van der Waals surface area (Å²) in [5.74, 6) is 0.286. The molecule has 1 aromatic rings. The lowest BCUT2D eigenvalue weighted by molar-refractivity contribution is 0.0523. The van der Waals surface area contributed by atoms with Crippen molar-refractivity contribution in [3.63, 3.8) is 0 Å². The Hall–Kier alpha value is -2.50. The third-order valence-corrected chi connectivity index (χ3v) is 3.72. The smallest absolute Gasteiger partial charge is 0.414 e. The van der Waals surface area contributed by atoms with Gasteiger partial charge >= 0.3 is 6.09 Å². The van der Waals surface area contributed by atoms with Gasteiger partial charge in [0.2, 0.25) is 5.90 Å². The van der Waals surface area contributed by atoms with Gasteiger partial charge in [-0.05, 0) is 11.6 Å². The number of methoxy groups -OCH3 is 2. The fourth-order valence-corrected chi connectivity index (χ4v) is 2.76. The first-order valence-electron chi connectivity index (χ1n) is 6.63. The Bertz CT molecular complexity index is 585. The van der Waals surface area contributed by atoms with Crippen LogP contribution in [0.3, 0.4) is 0 Å². The highest BCUT2D eigenvalue weighted by Gasteiger charge is 2.47. The van der Waals surface area contributed by atoms with Crippen LogP contribution >= 0.6 is 0 Å². The Kier molecular flexibility index (Phi) is 3.51. The predicted molar refractivity (Wildman–Crippen MR) is 75.4 cm³/mol. The van der Waals surface area contributed by atoms with E-state index >= 15 is 0 Å². The molecule has 2 aliphatic heterocycles. The van der Waals surface area contributed by atoms with Gasteiger partial charge in [0.15, 0.2) is 6.10 Å². The zero-order chi connectivity index (χ0) is 14.8. The molecular weight excluding hydrogens is 272 g/mol. The van der Waals surface area contributed by atoms with E-state index in [4.69, 9.17) is 14.3 Å². The van der Waals surface area contributed by atoms with Crippen molar-refractivity contribution < 1.29 is 19.1 Å². The van der Waals surface area contributed by atoms with Crippen molar-refractivity contribution in [1.82, 2.24) is 4.90 Å². The molecule has 1 aromatic carbocycles. The van der Waals surface area contributed by atoms with E-state index in [9.17, 15) is 4.79 Å². The summed E-state index contributed by atoms with van der Waals surface area (Å²) in [6.45, 7) is 0. The number of hydrogen-bond acceptors (Lipinski definition) is 5. The molecule has 21 heavy (non-hydrogen) atoms. The molecule has 0 spiro atoms. The number of hydrogen-bond donors (Lipinski definition) is 0. The molecule has 6 heteroatoms. The first-order valence-corrected chi connectivity index (χ1v) is 6.63. The summed E-state index contributed by atoms with van der Waals surface area (Å²) in [6.07, 6.45) is 2.79.